The van der Waals surface area contributed by atoms with Crippen LogP contribution in [0.25, 0.3) is 5.70 Å². The lowest BCUT2D eigenvalue weighted by Crippen LogP contribution is -2.14. The van der Waals surface area contributed by atoms with Crippen LogP contribution in [-0.4, -0.2) is 12.8 Å². The van der Waals surface area contributed by atoms with Gasteiger partial charge in [0.05, 0.1) is 5.70 Å². The molecule has 24 heavy (non-hydrogen) atoms. The minimum absolute atomic E-state index is 0.476. The Labute approximate surface area is 147 Å². The predicted molar refractivity (Wildman–Crippen MR) is 107 cm³/mol. The van der Waals surface area contributed by atoms with Gasteiger partial charge in [-0.15, -0.1) is 0 Å². The maximum absolute atomic E-state index is 5.78. The molecule has 0 saturated heterocycles. The summed E-state index contributed by atoms with van der Waals surface area (Å²) in [4.78, 5) is 4.33. The molecule has 0 amide bonds. The van der Waals surface area contributed by atoms with Crippen LogP contribution < -0.4 is 11.1 Å². The van der Waals surface area contributed by atoms with E-state index in [0.717, 1.165) is 25.0 Å². The van der Waals surface area contributed by atoms with E-state index < -0.39 is 0 Å². The van der Waals surface area contributed by atoms with E-state index in [2.05, 4.69) is 56.4 Å². The Morgan fingerprint density at radius 3 is 2.54 bits per heavy atom. The summed E-state index contributed by atoms with van der Waals surface area (Å²) >= 11 is 0. The zero-order valence-electron chi connectivity index (χ0n) is 15.6. The molecule has 3 heteroatoms. The SMILES string of the molecule is C=C(N)/C(=C/CNC(=C)c1c(C)ccc(CCC)c1C)N=CCC. The van der Waals surface area contributed by atoms with E-state index in [0.29, 0.717) is 17.9 Å². The highest BCUT2D eigenvalue weighted by molar-refractivity contribution is 5.69. The van der Waals surface area contributed by atoms with Crippen molar-refractivity contribution in [2.24, 2.45) is 10.7 Å². The number of nitrogens with two attached hydrogens (primary N) is 1. The van der Waals surface area contributed by atoms with Gasteiger partial charge in [0.15, 0.2) is 0 Å². The molecular formula is C21H31N3. The summed E-state index contributed by atoms with van der Waals surface area (Å²) < 4.78 is 0. The average molecular weight is 326 g/mol. The molecule has 1 aromatic carbocycles. The molecule has 0 aliphatic rings. The van der Waals surface area contributed by atoms with Crippen molar-refractivity contribution in [2.75, 3.05) is 6.54 Å². The van der Waals surface area contributed by atoms with E-state index in [1.807, 2.05) is 19.2 Å². The van der Waals surface area contributed by atoms with Gasteiger partial charge >= 0.3 is 0 Å². The van der Waals surface area contributed by atoms with Crippen LogP contribution in [0.5, 0.6) is 0 Å². The van der Waals surface area contributed by atoms with E-state index in [1.54, 1.807) is 0 Å². The molecule has 0 heterocycles. The molecule has 0 unspecified atom stereocenters. The molecule has 0 atom stereocenters. The summed E-state index contributed by atoms with van der Waals surface area (Å²) in [6.45, 7) is 17.1. The van der Waals surface area contributed by atoms with Crippen LogP contribution in [0.2, 0.25) is 0 Å². The normalized spacial score (nSPS) is 11.8. The Balaban J connectivity index is 2.90. The molecule has 0 spiro atoms. The fourth-order valence-corrected chi connectivity index (χ4v) is 2.71. The van der Waals surface area contributed by atoms with Crippen LogP contribution in [0.15, 0.2) is 47.8 Å². The Bertz CT molecular complexity index is 651. The van der Waals surface area contributed by atoms with E-state index >= 15 is 0 Å². The maximum atomic E-state index is 5.78. The van der Waals surface area contributed by atoms with Crippen LogP contribution in [0.3, 0.4) is 0 Å². The smallest absolute Gasteiger partial charge is 0.0826 e. The molecular weight excluding hydrogens is 294 g/mol. The van der Waals surface area contributed by atoms with Gasteiger partial charge in [-0.3, -0.25) is 4.99 Å². The van der Waals surface area contributed by atoms with Crippen LogP contribution in [0.1, 0.15) is 48.9 Å². The van der Waals surface area contributed by atoms with Crippen molar-refractivity contribution >= 4 is 11.9 Å². The van der Waals surface area contributed by atoms with E-state index in [1.165, 1.54) is 22.3 Å². The van der Waals surface area contributed by atoms with Crippen LogP contribution in [-0.2, 0) is 6.42 Å². The van der Waals surface area contributed by atoms with Crippen molar-refractivity contribution < 1.29 is 0 Å². The van der Waals surface area contributed by atoms with E-state index in [4.69, 9.17) is 5.73 Å². The van der Waals surface area contributed by atoms with Crippen LogP contribution in [0, 0.1) is 13.8 Å². The lowest BCUT2D eigenvalue weighted by molar-refractivity contribution is 0.907. The van der Waals surface area contributed by atoms with Gasteiger partial charge in [0.1, 0.15) is 0 Å². The van der Waals surface area contributed by atoms with Crippen LogP contribution in [0.4, 0.5) is 0 Å². The van der Waals surface area contributed by atoms with Gasteiger partial charge in [0.25, 0.3) is 0 Å². The molecule has 0 radical (unpaired) electrons. The molecule has 1 rings (SSSR count). The number of aliphatic imine (C=N–C) groups is 1. The van der Waals surface area contributed by atoms with Gasteiger partial charge in [-0.1, -0.05) is 45.6 Å². The fraction of sp³-hybridized carbons (Fsp3) is 0.381. The Kier molecular flexibility index (Phi) is 8.03. The highest BCUT2D eigenvalue weighted by Crippen LogP contribution is 2.24. The first-order chi connectivity index (χ1) is 11.4. The number of hydrogen-bond acceptors (Lipinski definition) is 3. The number of benzene rings is 1. The highest BCUT2D eigenvalue weighted by atomic mass is 14.9. The van der Waals surface area contributed by atoms with Gasteiger partial charge in [0.2, 0.25) is 0 Å². The number of nitrogens with zero attached hydrogens (tertiary/aromatic N) is 1. The minimum atomic E-state index is 0.476. The number of hydrogen-bond donors (Lipinski definition) is 2. The lowest BCUT2D eigenvalue weighted by Gasteiger charge is -2.17. The largest absolute Gasteiger partial charge is 0.397 e. The van der Waals surface area contributed by atoms with Crippen molar-refractivity contribution in [1.82, 2.24) is 5.32 Å². The molecule has 130 valence electrons. The third kappa shape index (κ3) is 5.41. The first kappa shape index (κ1) is 19.8. The number of rotatable bonds is 9. The quantitative estimate of drug-likeness (QED) is 0.513. The molecule has 1 aromatic rings. The number of nitrogens with one attached hydrogen (secondary N) is 1. The molecule has 0 saturated carbocycles. The predicted octanol–water partition coefficient (Wildman–Crippen LogP) is 4.65. The average Bonchev–Trinajstić information content (AvgIpc) is 2.53. The monoisotopic (exact) mass is 325 g/mol. The topological polar surface area (TPSA) is 50.4 Å². The second-order valence-corrected chi connectivity index (χ2v) is 5.99. The summed E-state index contributed by atoms with van der Waals surface area (Å²) in [5, 5.41) is 3.37. The molecule has 0 aliphatic carbocycles. The molecule has 0 bridgehead atoms. The molecule has 0 fully saturated rings. The lowest BCUT2D eigenvalue weighted by atomic mass is 9.93. The first-order valence-electron chi connectivity index (χ1n) is 8.61. The molecule has 3 nitrogen and oxygen atoms in total. The Hall–Kier alpha value is -2.29. The van der Waals surface area contributed by atoms with Crippen molar-refractivity contribution in [3.05, 3.63) is 65.0 Å². The highest BCUT2D eigenvalue weighted by Gasteiger charge is 2.10. The third-order valence-corrected chi connectivity index (χ3v) is 3.96. The van der Waals surface area contributed by atoms with Crippen LogP contribution >= 0.6 is 0 Å². The minimum Gasteiger partial charge on any atom is -0.397 e. The van der Waals surface area contributed by atoms with E-state index in [-0.39, 0.29) is 0 Å². The van der Waals surface area contributed by atoms with Crippen molar-refractivity contribution in [1.29, 1.82) is 0 Å². The Morgan fingerprint density at radius 1 is 1.25 bits per heavy atom. The summed E-state index contributed by atoms with van der Waals surface area (Å²) in [5.41, 5.74) is 13.0. The summed E-state index contributed by atoms with van der Waals surface area (Å²) in [7, 11) is 0. The zero-order chi connectivity index (χ0) is 18.1. The summed E-state index contributed by atoms with van der Waals surface area (Å²) in [6, 6.07) is 4.40. The van der Waals surface area contributed by atoms with Gasteiger partial charge in [0, 0.05) is 29.7 Å². The molecule has 3 N–H and O–H groups in total. The Morgan fingerprint density at radius 2 is 1.96 bits per heavy atom. The zero-order valence-corrected chi connectivity index (χ0v) is 15.6. The second-order valence-electron chi connectivity index (χ2n) is 5.99. The van der Waals surface area contributed by atoms with Crippen molar-refractivity contribution in [3.63, 3.8) is 0 Å². The third-order valence-electron chi connectivity index (χ3n) is 3.96. The molecule has 0 aromatic heterocycles. The number of aryl methyl sites for hydroxylation is 2. The first-order valence-corrected chi connectivity index (χ1v) is 8.61. The van der Waals surface area contributed by atoms with Crippen molar-refractivity contribution in [3.8, 4) is 0 Å². The van der Waals surface area contributed by atoms with Gasteiger partial charge < -0.3 is 11.1 Å². The maximum Gasteiger partial charge on any atom is 0.0826 e. The van der Waals surface area contributed by atoms with Crippen molar-refractivity contribution in [2.45, 2.75) is 47.0 Å². The summed E-state index contributed by atoms with van der Waals surface area (Å²) in [6.07, 6.45) is 6.88. The molecule has 0 aliphatic heterocycles. The standard InChI is InChI=1S/C21H31N3/c1-7-9-19-11-10-15(3)21(16(19)4)18(6)23-14-12-20(17(5)22)24-13-8-2/h10-13,23H,5-9,14,22H2,1-4H3/b20-12-,24-13?. The second kappa shape index (κ2) is 9.76. The fourth-order valence-electron chi connectivity index (χ4n) is 2.71. The van der Waals surface area contributed by atoms with Gasteiger partial charge in [-0.05, 0) is 49.5 Å². The van der Waals surface area contributed by atoms with E-state index in [9.17, 15) is 0 Å². The summed E-state index contributed by atoms with van der Waals surface area (Å²) in [5.74, 6) is 0. The van der Waals surface area contributed by atoms with Gasteiger partial charge in [-0.2, -0.15) is 0 Å². The van der Waals surface area contributed by atoms with Gasteiger partial charge in [-0.25, -0.2) is 0 Å².